The highest BCUT2D eigenvalue weighted by Gasteiger charge is 2.25. The van der Waals surface area contributed by atoms with Crippen LogP contribution in [-0.4, -0.2) is 39.6 Å². The van der Waals surface area contributed by atoms with Crippen LogP contribution >= 0.6 is 12.2 Å². The first-order valence-electron chi connectivity index (χ1n) is 4.67. The van der Waals surface area contributed by atoms with Gasteiger partial charge < -0.3 is 10.8 Å². The molecule has 0 aromatic carbocycles. The summed E-state index contributed by atoms with van der Waals surface area (Å²) in [5.41, 5.74) is 5.42. The van der Waals surface area contributed by atoms with Crippen LogP contribution in [0.3, 0.4) is 0 Å². The third-order valence-electron chi connectivity index (χ3n) is 2.07. The molecule has 0 aromatic heterocycles. The molecular weight excluding hydrogens is 200 g/mol. The molecule has 0 saturated carbocycles. The molecule has 0 aliphatic heterocycles. The van der Waals surface area contributed by atoms with Gasteiger partial charge in [-0.2, -0.15) is 0 Å². The minimum absolute atomic E-state index is 0.123. The first-order chi connectivity index (χ1) is 6.40. The fraction of sp³-hybridized carbons (Fsp3) is 0.778. The highest BCUT2D eigenvalue weighted by atomic mass is 32.1. The van der Waals surface area contributed by atoms with Crippen molar-refractivity contribution in [1.82, 2.24) is 4.90 Å². The summed E-state index contributed by atoms with van der Waals surface area (Å²) in [6.45, 7) is 6.07. The SMILES string of the molecule is CCC(C(=O)O)N(CC(N)=S)C(C)C. The number of carbonyl (C=O) groups is 1. The van der Waals surface area contributed by atoms with E-state index >= 15 is 0 Å². The Morgan fingerprint density at radius 2 is 2.07 bits per heavy atom. The third kappa shape index (κ3) is 4.02. The molecule has 5 heteroatoms. The van der Waals surface area contributed by atoms with Crippen LogP contribution in [-0.2, 0) is 4.79 Å². The molecule has 82 valence electrons. The summed E-state index contributed by atoms with van der Waals surface area (Å²) in [5.74, 6) is -0.822. The summed E-state index contributed by atoms with van der Waals surface area (Å²) in [6, 6.07) is -0.381. The summed E-state index contributed by atoms with van der Waals surface area (Å²) in [4.78, 5) is 13.1. The van der Waals surface area contributed by atoms with E-state index in [4.69, 9.17) is 23.1 Å². The monoisotopic (exact) mass is 218 g/mol. The predicted octanol–water partition coefficient (Wildman–Crippen LogP) is 0.846. The molecule has 0 radical (unpaired) electrons. The number of hydrogen-bond acceptors (Lipinski definition) is 3. The molecule has 0 aliphatic rings. The zero-order valence-electron chi connectivity index (χ0n) is 8.86. The second kappa shape index (κ2) is 5.93. The Bertz CT molecular complexity index is 219. The van der Waals surface area contributed by atoms with Crippen LogP contribution in [0.5, 0.6) is 0 Å². The van der Waals surface area contributed by atoms with Gasteiger partial charge in [0, 0.05) is 12.6 Å². The van der Waals surface area contributed by atoms with Crippen molar-refractivity contribution in [2.75, 3.05) is 6.54 Å². The first-order valence-corrected chi connectivity index (χ1v) is 5.07. The van der Waals surface area contributed by atoms with E-state index in [9.17, 15) is 4.79 Å². The van der Waals surface area contributed by atoms with Gasteiger partial charge in [0.2, 0.25) is 0 Å². The molecule has 1 unspecified atom stereocenters. The van der Waals surface area contributed by atoms with Crippen molar-refractivity contribution in [3.63, 3.8) is 0 Å². The average Bonchev–Trinajstić information content (AvgIpc) is 2.02. The van der Waals surface area contributed by atoms with Gasteiger partial charge in [-0.15, -0.1) is 0 Å². The predicted molar refractivity (Wildman–Crippen MR) is 60.3 cm³/mol. The standard InChI is InChI=1S/C9H18N2O2S/c1-4-7(9(12)13)11(6(2)3)5-8(10)14/h6-7H,4-5H2,1-3H3,(H2,10,14)(H,12,13). The quantitative estimate of drug-likeness (QED) is 0.647. The van der Waals surface area contributed by atoms with Gasteiger partial charge in [0.05, 0.1) is 4.99 Å². The number of nitrogens with zero attached hydrogens (tertiary/aromatic N) is 1. The van der Waals surface area contributed by atoms with Gasteiger partial charge in [0.1, 0.15) is 6.04 Å². The Morgan fingerprint density at radius 3 is 2.29 bits per heavy atom. The Morgan fingerprint density at radius 1 is 1.57 bits per heavy atom. The second-order valence-electron chi connectivity index (χ2n) is 3.49. The minimum atomic E-state index is -0.822. The zero-order chi connectivity index (χ0) is 11.3. The van der Waals surface area contributed by atoms with E-state index in [1.165, 1.54) is 0 Å². The summed E-state index contributed by atoms with van der Waals surface area (Å²) >= 11 is 4.79. The summed E-state index contributed by atoms with van der Waals surface area (Å²) in [5, 5.41) is 8.98. The van der Waals surface area contributed by atoms with E-state index in [0.29, 0.717) is 18.0 Å². The number of hydrogen-bond donors (Lipinski definition) is 2. The van der Waals surface area contributed by atoms with Crippen LogP contribution in [0.1, 0.15) is 27.2 Å². The molecular formula is C9H18N2O2S. The maximum absolute atomic E-state index is 10.9. The Labute approximate surface area is 90.1 Å². The first kappa shape index (κ1) is 13.3. The molecule has 0 fully saturated rings. The van der Waals surface area contributed by atoms with Gasteiger partial charge in [0.15, 0.2) is 0 Å². The van der Waals surface area contributed by atoms with Gasteiger partial charge in [-0.05, 0) is 20.3 Å². The van der Waals surface area contributed by atoms with Gasteiger partial charge in [-0.25, -0.2) is 0 Å². The molecule has 0 aromatic rings. The number of carboxylic acid groups (broad SMARTS) is 1. The summed E-state index contributed by atoms with van der Waals surface area (Å²) in [6.07, 6.45) is 0.552. The maximum Gasteiger partial charge on any atom is 0.320 e. The lowest BCUT2D eigenvalue weighted by Crippen LogP contribution is -2.48. The lowest BCUT2D eigenvalue weighted by atomic mass is 10.1. The van der Waals surface area contributed by atoms with E-state index < -0.39 is 12.0 Å². The molecule has 3 N–H and O–H groups in total. The van der Waals surface area contributed by atoms with Gasteiger partial charge >= 0.3 is 5.97 Å². The smallest absolute Gasteiger partial charge is 0.320 e. The average molecular weight is 218 g/mol. The Hall–Kier alpha value is -0.680. The number of carboxylic acids is 1. The highest BCUT2D eigenvalue weighted by Crippen LogP contribution is 2.09. The molecule has 0 saturated heterocycles. The lowest BCUT2D eigenvalue weighted by Gasteiger charge is -2.31. The maximum atomic E-state index is 10.9. The van der Waals surface area contributed by atoms with Crippen molar-refractivity contribution >= 4 is 23.2 Å². The van der Waals surface area contributed by atoms with Crippen molar-refractivity contribution in [3.8, 4) is 0 Å². The van der Waals surface area contributed by atoms with Crippen molar-refractivity contribution < 1.29 is 9.90 Å². The van der Waals surface area contributed by atoms with Crippen molar-refractivity contribution in [3.05, 3.63) is 0 Å². The topological polar surface area (TPSA) is 66.6 Å². The normalized spacial score (nSPS) is 13.2. The van der Waals surface area contributed by atoms with E-state index in [2.05, 4.69) is 0 Å². The molecule has 0 aliphatic carbocycles. The largest absolute Gasteiger partial charge is 0.480 e. The number of aliphatic carboxylic acids is 1. The van der Waals surface area contributed by atoms with Crippen molar-refractivity contribution in [2.24, 2.45) is 5.73 Å². The summed E-state index contributed by atoms with van der Waals surface area (Å²) < 4.78 is 0. The Kier molecular flexibility index (Phi) is 5.64. The van der Waals surface area contributed by atoms with Crippen LogP contribution in [0, 0.1) is 0 Å². The van der Waals surface area contributed by atoms with Crippen LogP contribution in [0.2, 0.25) is 0 Å². The van der Waals surface area contributed by atoms with Crippen LogP contribution in [0.15, 0.2) is 0 Å². The third-order valence-corrected chi connectivity index (χ3v) is 2.20. The zero-order valence-corrected chi connectivity index (χ0v) is 9.67. The molecule has 1 atom stereocenters. The molecule has 14 heavy (non-hydrogen) atoms. The molecule has 0 rings (SSSR count). The molecule has 0 spiro atoms. The highest BCUT2D eigenvalue weighted by molar-refractivity contribution is 7.80. The number of nitrogens with two attached hydrogens (primary N) is 1. The van der Waals surface area contributed by atoms with Crippen LogP contribution < -0.4 is 5.73 Å². The Balaban J connectivity index is 4.60. The van der Waals surface area contributed by atoms with Gasteiger partial charge in [0.25, 0.3) is 0 Å². The number of thiocarbonyl (C=S) groups is 1. The van der Waals surface area contributed by atoms with E-state index in [1.807, 2.05) is 20.8 Å². The molecule has 4 nitrogen and oxygen atoms in total. The van der Waals surface area contributed by atoms with E-state index in [1.54, 1.807) is 4.90 Å². The minimum Gasteiger partial charge on any atom is -0.480 e. The van der Waals surface area contributed by atoms with Gasteiger partial charge in [-0.1, -0.05) is 19.1 Å². The molecule has 0 heterocycles. The van der Waals surface area contributed by atoms with Crippen molar-refractivity contribution in [1.29, 1.82) is 0 Å². The fourth-order valence-electron chi connectivity index (χ4n) is 1.38. The lowest BCUT2D eigenvalue weighted by molar-refractivity contribution is -0.143. The second-order valence-corrected chi connectivity index (χ2v) is 4.02. The molecule has 0 amide bonds. The fourth-order valence-corrected chi connectivity index (χ4v) is 1.53. The van der Waals surface area contributed by atoms with Crippen LogP contribution in [0.25, 0.3) is 0 Å². The summed E-state index contributed by atoms with van der Waals surface area (Å²) in [7, 11) is 0. The van der Waals surface area contributed by atoms with Crippen LogP contribution in [0.4, 0.5) is 0 Å². The van der Waals surface area contributed by atoms with E-state index in [-0.39, 0.29) is 6.04 Å². The van der Waals surface area contributed by atoms with E-state index in [0.717, 1.165) is 0 Å². The number of rotatable bonds is 6. The van der Waals surface area contributed by atoms with Gasteiger partial charge in [-0.3, -0.25) is 9.69 Å². The van der Waals surface area contributed by atoms with Crippen molar-refractivity contribution in [2.45, 2.75) is 39.3 Å². The molecule has 0 bridgehead atoms.